The third kappa shape index (κ3) is 2.91. The van der Waals surface area contributed by atoms with Gasteiger partial charge in [-0.1, -0.05) is 0 Å². The maximum Gasteiger partial charge on any atom is 0.573 e. The van der Waals surface area contributed by atoms with Gasteiger partial charge in [0.2, 0.25) is 0 Å². The number of benzene rings is 1. The minimum absolute atomic E-state index is 0.113. The number of nitrogen functional groups attached to an aromatic ring is 1. The average molecular weight is 382 g/mol. The van der Waals surface area contributed by atoms with Crippen molar-refractivity contribution in [1.29, 1.82) is 0 Å². The number of rotatable bonds is 1. The van der Waals surface area contributed by atoms with Gasteiger partial charge in [-0.3, -0.25) is 0 Å². The van der Waals surface area contributed by atoms with Crippen molar-refractivity contribution < 1.29 is 17.9 Å². The van der Waals surface area contributed by atoms with Crippen LogP contribution in [0.4, 0.5) is 18.9 Å². The van der Waals surface area contributed by atoms with Crippen LogP contribution in [-0.4, -0.2) is 6.36 Å². The SMILES string of the molecule is Nc1c(I)ccc(OC(F)(F)F)c1Br. The Balaban J connectivity index is 3.06. The molecule has 1 aromatic rings. The number of ether oxygens (including phenoxy) is 1. The molecule has 0 saturated heterocycles. The van der Waals surface area contributed by atoms with Gasteiger partial charge in [-0.15, -0.1) is 13.2 Å². The minimum Gasteiger partial charge on any atom is -0.405 e. The van der Waals surface area contributed by atoms with Crippen molar-refractivity contribution in [2.24, 2.45) is 0 Å². The Kier molecular flexibility index (Phi) is 3.51. The first-order valence-corrected chi connectivity index (χ1v) is 5.17. The van der Waals surface area contributed by atoms with Crippen LogP contribution in [0.3, 0.4) is 0 Å². The molecule has 78 valence electrons. The lowest BCUT2D eigenvalue weighted by Gasteiger charge is -2.12. The van der Waals surface area contributed by atoms with Crippen LogP contribution in [0.1, 0.15) is 0 Å². The van der Waals surface area contributed by atoms with Crippen molar-refractivity contribution >= 4 is 44.2 Å². The van der Waals surface area contributed by atoms with E-state index in [4.69, 9.17) is 5.73 Å². The van der Waals surface area contributed by atoms with E-state index in [1.807, 2.05) is 22.6 Å². The van der Waals surface area contributed by atoms with Gasteiger partial charge in [-0.25, -0.2) is 0 Å². The van der Waals surface area contributed by atoms with Gasteiger partial charge < -0.3 is 10.5 Å². The van der Waals surface area contributed by atoms with Gasteiger partial charge in [-0.2, -0.15) is 0 Å². The van der Waals surface area contributed by atoms with Crippen molar-refractivity contribution in [1.82, 2.24) is 0 Å². The van der Waals surface area contributed by atoms with Crippen molar-refractivity contribution in [3.63, 3.8) is 0 Å². The number of halogens is 5. The summed E-state index contributed by atoms with van der Waals surface area (Å²) in [6, 6.07) is 2.65. The summed E-state index contributed by atoms with van der Waals surface area (Å²) in [5.74, 6) is -0.338. The molecule has 1 rings (SSSR count). The van der Waals surface area contributed by atoms with Crippen LogP contribution in [0.25, 0.3) is 0 Å². The van der Waals surface area contributed by atoms with Crippen LogP contribution < -0.4 is 10.5 Å². The minimum atomic E-state index is -4.71. The van der Waals surface area contributed by atoms with E-state index in [2.05, 4.69) is 20.7 Å². The van der Waals surface area contributed by atoms with Crippen LogP contribution in [0.15, 0.2) is 16.6 Å². The third-order valence-corrected chi connectivity index (χ3v) is 3.08. The molecule has 7 heteroatoms. The Morgan fingerprint density at radius 2 is 1.93 bits per heavy atom. The highest BCUT2D eigenvalue weighted by molar-refractivity contribution is 14.1. The molecule has 0 amide bonds. The molecule has 0 radical (unpaired) electrons. The van der Waals surface area contributed by atoms with Crippen LogP contribution >= 0.6 is 38.5 Å². The number of alkyl halides is 3. The normalized spacial score (nSPS) is 11.5. The molecule has 2 nitrogen and oxygen atoms in total. The molecule has 0 saturated carbocycles. The van der Waals surface area contributed by atoms with E-state index in [1.54, 1.807) is 0 Å². The van der Waals surface area contributed by atoms with E-state index in [9.17, 15) is 13.2 Å². The van der Waals surface area contributed by atoms with Crippen molar-refractivity contribution in [3.05, 3.63) is 20.2 Å². The zero-order chi connectivity index (χ0) is 10.9. The monoisotopic (exact) mass is 381 g/mol. The van der Waals surface area contributed by atoms with Gasteiger partial charge >= 0.3 is 6.36 Å². The zero-order valence-corrected chi connectivity index (χ0v) is 10.3. The molecule has 0 fully saturated rings. The number of anilines is 1. The summed E-state index contributed by atoms with van der Waals surface area (Å²) >= 11 is 4.84. The quantitative estimate of drug-likeness (QED) is 0.596. The van der Waals surface area contributed by atoms with Gasteiger partial charge in [0.1, 0.15) is 5.75 Å². The molecule has 0 spiro atoms. The maximum atomic E-state index is 11.9. The fourth-order valence-electron chi connectivity index (χ4n) is 0.753. The number of nitrogens with two attached hydrogens (primary N) is 1. The molecule has 0 heterocycles. The zero-order valence-electron chi connectivity index (χ0n) is 6.53. The summed E-state index contributed by atoms with van der Waals surface area (Å²) in [4.78, 5) is 0. The summed E-state index contributed by atoms with van der Waals surface area (Å²) < 4.78 is 40.1. The largest absolute Gasteiger partial charge is 0.573 e. The van der Waals surface area contributed by atoms with Crippen LogP contribution in [0, 0.1) is 3.57 Å². The Hall–Kier alpha value is -0.180. The third-order valence-electron chi connectivity index (χ3n) is 1.32. The standard InChI is InChI=1S/C7H4BrF3INO/c8-5-4(14-7(9,10)11)2-1-3(12)6(5)13/h1-2H,13H2. The van der Waals surface area contributed by atoms with Gasteiger partial charge in [0.05, 0.1) is 10.2 Å². The lowest BCUT2D eigenvalue weighted by Crippen LogP contribution is -2.17. The molecule has 0 aliphatic carbocycles. The second-order valence-electron chi connectivity index (χ2n) is 2.32. The molecule has 0 atom stereocenters. The van der Waals surface area contributed by atoms with E-state index in [0.29, 0.717) is 3.57 Å². The van der Waals surface area contributed by atoms with Crippen molar-refractivity contribution in [2.45, 2.75) is 6.36 Å². The first kappa shape index (κ1) is 11.9. The van der Waals surface area contributed by atoms with Gasteiger partial charge in [0.15, 0.2) is 0 Å². The van der Waals surface area contributed by atoms with E-state index in [1.165, 1.54) is 12.1 Å². The van der Waals surface area contributed by atoms with E-state index in [-0.39, 0.29) is 15.9 Å². The average Bonchev–Trinajstić information content (AvgIpc) is 2.04. The molecule has 0 aromatic heterocycles. The maximum absolute atomic E-state index is 11.9. The Morgan fingerprint density at radius 1 is 1.36 bits per heavy atom. The van der Waals surface area contributed by atoms with Gasteiger partial charge in [-0.05, 0) is 50.7 Å². The molecule has 14 heavy (non-hydrogen) atoms. The number of hydrogen-bond acceptors (Lipinski definition) is 2. The van der Waals surface area contributed by atoms with Crippen LogP contribution in [0.5, 0.6) is 5.75 Å². The first-order valence-electron chi connectivity index (χ1n) is 3.30. The smallest absolute Gasteiger partial charge is 0.405 e. The first-order chi connectivity index (χ1) is 6.31. The summed E-state index contributed by atoms with van der Waals surface area (Å²) in [5.41, 5.74) is 5.73. The summed E-state index contributed by atoms with van der Waals surface area (Å²) in [6.45, 7) is 0. The molecule has 0 aliphatic heterocycles. The molecular formula is C7H4BrF3INO. The number of hydrogen-bond donors (Lipinski definition) is 1. The predicted molar refractivity (Wildman–Crippen MR) is 58.0 cm³/mol. The molecule has 2 N–H and O–H groups in total. The van der Waals surface area contributed by atoms with Crippen molar-refractivity contribution in [2.75, 3.05) is 5.73 Å². The summed E-state index contributed by atoms with van der Waals surface area (Å²) in [5, 5.41) is 0. The van der Waals surface area contributed by atoms with E-state index in [0.717, 1.165) is 0 Å². The van der Waals surface area contributed by atoms with E-state index < -0.39 is 6.36 Å². The second-order valence-corrected chi connectivity index (χ2v) is 4.28. The fourth-order valence-corrected chi connectivity index (χ4v) is 2.00. The highest BCUT2D eigenvalue weighted by Crippen LogP contribution is 2.36. The summed E-state index contributed by atoms with van der Waals surface area (Å²) in [7, 11) is 0. The molecular weight excluding hydrogens is 378 g/mol. The fraction of sp³-hybridized carbons (Fsp3) is 0.143. The lowest BCUT2D eigenvalue weighted by atomic mass is 10.3. The Morgan fingerprint density at radius 3 is 2.43 bits per heavy atom. The lowest BCUT2D eigenvalue weighted by molar-refractivity contribution is -0.274. The van der Waals surface area contributed by atoms with Crippen LogP contribution in [0.2, 0.25) is 0 Å². The van der Waals surface area contributed by atoms with Gasteiger partial charge in [0, 0.05) is 3.57 Å². The highest BCUT2D eigenvalue weighted by atomic mass is 127. The Labute approximate surface area is 99.9 Å². The molecule has 0 aliphatic rings. The topological polar surface area (TPSA) is 35.2 Å². The second kappa shape index (κ2) is 4.13. The Bertz CT molecular complexity index is 356. The molecule has 0 bridgehead atoms. The van der Waals surface area contributed by atoms with Gasteiger partial charge in [0.25, 0.3) is 0 Å². The predicted octanol–water partition coefficient (Wildman–Crippen LogP) is 3.53. The van der Waals surface area contributed by atoms with E-state index >= 15 is 0 Å². The summed E-state index contributed by atoms with van der Waals surface area (Å²) in [6.07, 6.45) is -4.71. The molecule has 1 aromatic carbocycles. The van der Waals surface area contributed by atoms with Crippen LogP contribution in [-0.2, 0) is 0 Å². The highest BCUT2D eigenvalue weighted by Gasteiger charge is 2.32. The van der Waals surface area contributed by atoms with Crippen molar-refractivity contribution in [3.8, 4) is 5.75 Å². The molecule has 0 unspecified atom stereocenters.